The molecule has 3 heterocycles. The minimum absolute atomic E-state index is 0.0144. The molecule has 0 spiro atoms. The smallest absolute Gasteiger partial charge is 0.243 e. The van der Waals surface area contributed by atoms with Gasteiger partial charge >= 0.3 is 0 Å². The summed E-state index contributed by atoms with van der Waals surface area (Å²) in [5.41, 5.74) is 37.4. The number of nitrogens with zero attached hydrogens (tertiary/aromatic N) is 12. The summed E-state index contributed by atoms with van der Waals surface area (Å²) in [4.78, 5) is 212. The molecule has 3 aromatic heterocycles. The SMILES string of the molecule is C[C@@H](c1ccccc1)N(CC(=O)N(CCCCN)CC(=O)N(CCc1c[nH]c2ccccc12)CC(=O)N(CCc1c[nH]c2ccccc12)CC(N)=O)C(=O)CN(CCCCN)C(=O)CN(CCCCN)C(=O)CN(C(=O)CN(C(=O)CN(CCc1c[nH]cn1)C(=O)CN(C(=O)CN(C(=O)CNCCCCN)[C@@H](C)c1ccccc1)[C@@H](C)c1ccccc1)[C@@H](C)c1ccccc1)[C@@H](C)c1ccccc1. The lowest BCUT2D eigenvalue weighted by Crippen LogP contribution is -2.53. The lowest BCUT2D eigenvalue weighted by atomic mass is 10.0. The highest BCUT2D eigenvalue weighted by Crippen LogP contribution is 2.30. The van der Waals surface area contributed by atoms with Gasteiger partial charge in [0.15, 0.2) is 0 Å². The summed E-state index contributed by atoms with van der Waals surface area (Å²) in [7, 11) is 0. The zero-order valence-corrected chi connectivity index (χ0v) is 80.4. The summed E-state index contributed by atoms with van der Waals surface area (Å²) in [6.07, 6.45) is 11.5. The quantitative estimate of drug-likeness (QED) is 0.0162. The number of rotatable bonds is 59. The largest absolute Gasteiger partial charge is 0.368 e. The highest BCUT2D eigenvalue weighted by Gasteiger charge is 2.38. The number of unbranched alkanes of at least 4 members (excludes halogenated alkanes) is 4. The van der Waals surface area contributed by atoms with Crippen molar-refractivity contribution >= 4 is 92.7 Å². The second-order valence-electron chi connectivity index (χ2n) is 35.1. The molecule has 33 nitrogen and oxygen atoms in total. The molecule has 0 aliphatic heterocycles. The van der Waals surface area contributed by atoms with Crippen LogP contribution in [0.2, 0.25) is 0 Å². The molecule has 33 heteroatoms. The maximum absolute atomic E-state index is 16.1. The van der Waals surface area contributed by atoms with Crippen LogP contribution >= 0.6 is 0 Å². The van der Waals surface area contributed by atoms with E-state index in [0.717, 1.165) is 51.3 Å². The number of amides is 12. The second kappa shape index (κ2) is 55.5. The Labute approximate surface area is 809 Å². The van der Waals surface area contributed by atoms with Crippen LogP contribution in [-0.4, -0.2) is 295 Å². The minimum Gasteiger partial charge on any atom is -0.368 e. The maximum Gasteiger partial charge on any atom is 0.243 e. The number of carbonyl (C=O) groups excluding carboxylic acids is 12. The van der Waals surface area contributed by atoms with Gasteiger partial charge in [-0.1, -0.05) is 188 Å². The number of carbonyl (C=O) groups is 12. The van der Waals surface area contributed by atoms with Gasteiger partial charge in [-0.2, -0.15) is 0 Å². The van der Waals surface area contributed by atoms with Gasteiger partial charge in [0.2, 0.25) is 70.9 Å². The molecule has 10 rings (SSSR count). The van der Waals surface area contributed by atoms with Crippen molar-refractivity contribution in [3.05, 3.63) is 270 Å². The molecule has 0 saturated carbocycles. The zero-order chi connectivity index (χ0) is 98.8. The Balaban J connectivity index is 0.920. The molecule has 0 bridgehead atoms. The van der Waals surface area contributed by atoms with Crippen LogP contribution in [-0.2, 0) is 76.8 Å². The Morgan fingerprint density at radius 3 is 0.884 bits per heavy atom. The molecule has 7 aromatic carbocycles. The van der Waals surface area contributed by atoms with E-state index < -0.39 is 167 Å². The number of hydrogen-bond donors (Lipinski definition) is 9. The van der Waals surface area contributed by atoms with Crippen LogP contribution in [0.5, 0.6) is 0 Å². The maximum atomic E-state index is 16.1. The second-order valence-corrected chi connectivity index (χ2v) is 35.1. The first-order valence-electron chi connectivity index (χ1n) is 48.0. The number of hydrogen-bond acceptors (Lipinski definition) is 18. The van der Waals surface area contributed by atoms with E-state index in [1.54, 1.807) is 70.3 Å². The summed E-state index contributed by atoms with van der Waals surface area (Å²) in [5, 5.41) is 5.08. The number of aromatic nitrogens is 4. The standard InChI is InChI=1S/C105H139N21O12/c1-77(82-33-11-6-12-34-82)122(95(128)64-111-54-29-25-50-106)74-104(137)125(80(4)85-39-17-9-18-40-85)73-101(134)121(60-49-89-63-112-76-115-89)70-103(136)126(81(5)86-41-19-10-20-42-86)75-105(138)124(79(3)84-37-15-8-16-38-84)72-100(133)116(55-30-26-51-107)66-96(129)118(57-32-28-53-109)69-102(135)123(78(2)83-35-13-7-14-36-83)71-99(132)117(56-31-27-52-108)67-98(131)120(59-48-88-62-114-93-46-24-22-44-91(88)93)68-97(130)119(65-94(110)127)58-47-87-61-113-92-45-23-21-43-90(87)92/h6-24,33-46,61-63,76-81,111,113-114H,25-32,47-60,64-75,106-109H2,1-5H3,(H2,110,127)(H,112,115)/t77-,78-,79-,80-,81-/m0/s1. The molecular formula is C105H139N21O12. The van der Waals surface area contributed by atoms with Crippen molar-refractivity contribution in [2.45, 2.75) is 135 Å². The van der Waals surface area contributed by atoms with E-state index in [1.807, 2.05) is 183 Å². The number of primary amides is 1. The summed E-state index contributed by atoms with van der Waals surface area (Å²) >= 11 is 0. The van der Waals surface area contributed by atoms with E-state index in [1.165, 1.54) is 60.2 Å². The molecule has 0 saturated heterocycles. The van der Waals surface area contributed by atoms with Crippen LogP contribution in [0.25, 0.3) is 21.8 Å². The summed E-state index contributed by atoms with van der Waals surface area (Å²) in [6.45, 7) is 4.62. The average Bonchev–Trinajstić information content (AvgIpc) is 1.77. The van der Waals surface area contributed by atoms with Gasteiger partial charge in [-0.3, -0.25) is 57.5 Å². The Kier molecular flexibility index (Phi) is 42.7. The zero-order valence-electron chi connectivity index (χ0n) is 80.4. The van der Waals surface area contributed by atoms with Gasteiger partial charge < -0.3 is 103 Å². The van der Waals surface area contributed by atoms with Crippen LogP contribution < -0.4 is 34.0 Å². The molecule has 14 N–H and O–H groups in total. The van der Waals surface area contributed by atoms with Gasteiger partial charge in [0, 0.05) is 86.1 Å². The van der Waals surface area contributed by atoms with Crippen LogP contribution in [0, 0.1) is 0 Å². The number of para-hydroxylation sites is 2. The first-order chi connectivity index (χ1) is 66.8. The molecule has 0 radical (unpaired) electrons. The van der Waals surface area contributed by atoms with Crippen molar-refractivity contribution in [2.75, 3.05) is 151 Å². The third kappa shape index (κ3) is 31.7. The minimum atomic E-state index is -0.854. The lowest BCUT2D eigenvalue weighted by Gasteiger charge is -2.37. The van der Waals surface area contributed by atoms with E-state index in [-0.39, 0.29) is 77.8 Å². The normalized spacial score (nSPS) is 12.3. The number of imidazole rings is 1. The van der Waals surface area contributed by atoms with E-state index in [2.05, 4.69) is 25.3 Å². The number of fused-ring (bicyclic) bond motifs is 2. The summed E-state index contributed by atoms with van der Waals surface area (Å²) < 4.78 is 0. The van der Waals surface area contributed by atoms with Crippen molar-refractivity contribution in [1.82, 2.24) is 79.2 Å². The number of nitrogens with two attached hydrogens (primary N) is 5. The number of aromatic amines is 3. The molecular weight excluding hydrogens is 1750 g/mol. The van der Waals surface area contributed by atoms with Crippen molar-refractivity contribution in [3.63, 3.8) is 0 Å². The summed E-state index contributed by atoms with van der Waals surface area (Å²) in [6, 6.07) is 57.2. The molecule has 0 aliphatic rings. The molecule has 736 valence electrons. The monoisotopic (exact) mass is 1890 g/mol. The first-order valence-corrected chi connectivity index (χ1v) is 48.0. The van der Waals surface area contributed by atoms with Crippen molar-refractivity contribution in [1.29, 1.82) is 0 Å². The molecule has 10 aromatic rings. The fraction of sp³-hybridized carbons (Fsp3) is 0.419. The highest BCUT2D eigenvalue weighted by atomic mass is 16.2. The molecule has 0 fully saturated rings. The van der Waals surface area contributed by atoms with E-state index in [0.29, 0.717) is 92.4 Å². The first kappa shape index (κ1) is 106. The van der Waals surface area contributed by atoms with Gasteiger partial charge in [-0.15, -0.1) is 0 Å². The number of benzene rings is 7. The van der Waals surface area contributed by atoms with Crippen LogP contribution in [0.15, 0.2) is 225 Å². The van der Waals surface area contributed by atoms with E-state index >= 15 is 43.2 Å². The topological polar surface area (TPSA) is 443 Å². The van der Waals surface area contributed by atoms with Gasteiger partial charge in [-0.05, 0) is 183 Å². The number of nitrogens with one attached hydrogen (secondary N) is 4. The van der Waals surface area contributed by atoms with Gasteiger partial charge in [-0.25, -0.2) is 4.98 Å². The fourth-order valence-electron chi connectivity index (χ4n) is 17.1. The molecule has 0 unspecified atom stereocenters. The molecule has 12 amide bonds. The van der Waals surface area contributed by atoms with Crippen LogP contribution in [0.4, 0.5) is 0 Å². The third-order valence-corrected chi connectivity index (χ3v) is 25.5. The highest BCUT2D eigenvalue weighted by molar-refractivity contribution is 5.96. The van der Waals surface area contributed by atoms with Gasteiger partial charge in [0.05, 0.1) is 88.0 Å². The average molecular weight is 1890 g/mol. The Morgan fingerprint density at radius 1 is 0.297 bits per heavy atom. The van der Waals surface area contributed by atoms with Gasteiger partial charge in [0.25, 0.3) is 0 Å². The molecule has 5 atom stereocenters. The Morgan fingerprint density at radius 2 is 0.565 bits per heavy atom. The molecule has 138 heavy (non-hydrogen) atoms. The Bertz CT molecular complexity index is 5520. The number of H-pyrrole nitrogens is 3. The lowest BCUT2D eigenvalue weighted by molar-refractivity contribution is -0.151. The van der Waals surface area contributed by atoms with Crippen molar-refractivity contribution < 1.29 is 57.5 Å². The van der Waals surface area contributed by atoms with Crippen molar-refractivity contribution in [2.24, 2.45) is 28.7 Å². The summed E-state index contributed by atoms with van der Waals surface area (Å²) in [5.74, 6) is -7.31. The van der Waals surface area contributed by atoms with Crippen LogP contribution in [0.3, 0.4) is 0 Å². The predicted octanol–water partition coefficient (Wildman–Crippen LogP) is 8.35. The van der Waals surface area contributed by atoms with E-state index in [4.69, 9.17) is 28.7 Å². The van der Waals surface area contributed by atoms with Gasteiger partial charge in [0.1, 0.15) is 32.7 Å². The van der Waals surface area contributed by atoms with Crippen LogP contribution in [0.1, 0.15) is 161 Å². The van der Waals surface area contributed by atoms with E-state index in [9.17, 15) is 14.4 Å². The predicted molar refractivity (Wildman–Crippen MR) is 534 cm³/mol. The van der Waals surface area contributed by atoms with Crippen molar-refractivity contribution in [3.8, 4) is 0 Å². The molecule has 0 aliphatic carbocycles. The Hall–Kier alpha value is -13.7. The fourth-order valence-corrected chi connectivity index (χ4v) is 17.1. The third-order valence-electron chi connectivity index (χ3n) is 25.5.